The Bertz CT molecular complexity index is 366. The molecule has 1 aliphatic rings. The van der Waals surface area contributed by atoms with E-state index in [4.69, 9.17) is 0 Å². The molecule has 2 rings (SSSR count). The SMILES string of the molecule is CC(C)C(F)(F)c1ccc(CNC2CC2)cc1. The molecule has 0 aromatic heterocycles. The summed E-state index contributed by atoms with van der Waals surface area (Å²) < 4.78 is 27.4. The zero-order chi connectivity index (χ0) is 12.5. The van der Waals surface area contributed by atoms with E-state index in [2.05, 4.69) is 5.32 Å². The van der Waals surface area contributed by atoms with Crippen LogP contribution in [0.1, 0.15) is 37.8 Å². The fourth-order valence-electron chi connectivity index (χ4n) is 1.73. The van der Waals surface area contributed by atoms with Crippen molar-refractivity contribution in [2.45, 2.75) is 45.2 Å². The predicted octanol–water partition coefficient (Wildman–Crippen LogP) is 3.69. The van der Waals surface area contributed by atoms with Crippen molar-refractivity contribution in [3.05, 3.63) is 35.4 Å². The van der Waals surface area contributed by atoms with E-state index in [-0.39, 0.29) is 5.56 Å². The van der Waals surface area contributed by atoms with E-state index in [0.717, 1.165) is 12.1 Å². The molecule has 94 valence electrons. The Hall–Kier alpha value is -0.960. The molecule has 1 aromatic rings. The maximum atomic E-state index is 13.7. The first-order valence-corrected chi connectivity index (χ1v) is 6.20. The van der Waals surface area contributed by atoms with Gasteiger partial charge < -0.3 is 5.32 Å². The van der Waals surface area contributed by atoms with Crippen molar-refractivity contribution < 1.29 is 8.78 Å². The molecule has 1 fully saturated rings. The van der Waals surface area contributed by atoms with E-state index in [9.17, 15) is 8.78 Å². The highest BCUT2D eigenvalue weighted by Gasteiger charge is 2.35. The van der Waals surface area contributed by atoms with Gasteiger partial charge in [0.05, 0.1) is 0 Å². The quantitative estimate of drug-likeness (QED) is 0.826. The number of alkyl halides is 2. The Balaban J connectivity index is 2.01. The third-order valence-corrected chi connectivity index (χ3v) is 3.24. The minimum atomic E-state index is -2.73. The Kier molecular flexibility index (Phi) is 3.48. The van der Waals surface area contributed by atoms with Gasteiger partial charge in [0, 0.05) is 24.1 Å². The number of rotatable bonds is 5. The first-order chi connectivity index (χ1) is 8.00. The van der Waals surface area contributed by atoms with Crippen LogP contribution in [0.5, 0.6) is 0 Å². The van der Waals surface area contributed by atoms with Gasteiger partial charge in [0.1, 0.15) is 0 Å². The number of nitrogens with one attached hydrogen (secondary N) is 1. The Labute approximate surface area is 101 Å². The van der Waals surface area contributed by atoms with Gasteiger partial charge in [0.2, 0.25) is 0 Å². The van der Waals surface area contributed by atoms with Gasteiger partial charge in [-0.25, -0.2) is 8.78 Å². The first-order valence-electron chi connectivity index (χ1n) is 6.20. The van der Waals surface area contributed by atoms with Gasteiger partial charge in [-0.1, -0.05) is 38.1 Å². The van der Waals surface area contributed by atoms with E-state index in [1.165, 1.54) is 12.8 Å². The summed E-state index contributed by atoms with van der Waals surface area (Å²) in [5.41, 5.74) is 1.18. The van der Waals surface area contributed by atoms with Gasteiger partial charge in [-0.2, -0.15) is 0 Å². The van der Waals surface area contributed by atoms with Gasteiger partial charge in [0.15, 0.2) is 0 Å². The molecule has 1 nitrogen and oxygen atoms in total. The van der Waals surface area contributed by atoms with Crippen LogP contribution in [0.25, 0.3) is 0 Å². The summed E-state index contributed by atoms with van der Waals surface area (Å²) in [6, 6.07) is 7.32. The Morgan fingerprint density at radius 1 is 1.24 bits per heavy atom. The van der Waals surface area contributed by atoms with Crippen LogP contribution in [0.15, 0.2) is 24.3 Å². The number of hydrogen-bond acceptors (Lipinski definition) is 1. The fraction of sp³-hybridized carbons (Fsp3) is 0.571. The van der Waals surface area contributed by atoms with Gasteiger partial charge in [0.25, 0.3) is 5.92 Å². The summed E-state index contributed by atoms with van der Waals surface area (Å²) >= 11 is 0. The van der Waals surface area contributed by atoms with Crippen molar-refractivity contribution in [3.63, 3.8) is 0 Å². The maximum Gasteiger partial charge on any atom is 0.275 e. The lowest BCUT2D eigenvalue weighted by Crippen LogP contribution is -2.21. The van der Waals surface area contributed by atoms with Crippen molar-refractivity contribution in [2.75, 3.05) is 0 Å². The van der Waals surface area contributed by atoms with Crippen molar-refractivity contribution >= 4 is 0 Å². The second-order valence-corrected chi connectivity index (χ2v) is 5.13. The van der Waals surface area contributed by atoms with E-state index >= 15 is 0 Å². The molecule has 0 bridgehead atoms. The van der Waals surface area contributed by atoms with Gasteiger partial charge in [-0.3, -0.25) is 0 Å². The zero-order valence-corrected chi connectivity index (χ0v) is 10.3. The molecule has 0 amide bonds. The average molecular weight is 239 g/mol. The van der Waals surface area contributed by atoms with E-state index < -0.39 is 11.8 Å². The van der Waals surface area contributed by atoms with Crippen molar-refractivity contribution in [3.8, 4) is 0 Å². The minimum Gasteiger partial charge on any atom is -0.310 e. The molecule has 1 N–H and O–H groups in total. The predicted molar refractivity (Wildman–Crippen MR) is 65.0 cm³/mol. The third kappa shape index (κ3) is 3.03. The Morgan fingerprint density at radius 2 is 1.82 bits per heavy atom. The number of halogens is 2. The number of hydrogen-bond donors (Lipinski definition) is 1. The molecule has 1 aliphatic carbocycles. The molecule has 0 aliphatic heterocycles. The summed E-state index contributed by atoms with van der Waals surface area (Å²) in [5, 5.41) is 3.37. The normalized spacial score (nSPS) is 16.5. The van der Waals surface area contributed by atoms with Crippen LogP contribution in [-0.2, 0) is 12.5 Å². The molecule has 0 heterocycles. The topological polar surface area (TPSA) is 12.0 Å². The molecule has 0 saturated heterocycles. The van der Waals surface area contributed by atoms with E-state index in [1.54, 1.807) is 38.1 Å². The van der Waals surface area contributed by atoms with Gasteiger partial charge in [-0.05, 0) is 18.4 Å². The lowest BCUT2D eigenvalue weighted by Gasteiger charge is -2.20. The molecule has 1 saturated carbocycles. The summed E-state index contributed by atoms with van der Waals surface area (Å²) in [6.45, 7) is 3.86. The van der Waals surface area contributed by atoms with E-state index in [0.29, 0.717) is 6.04 Å². The molecule has 1 aromatic carbocycles. The summed E-state index contributed by atoms with van der Waals surface area (Å²) in [6.07, 6.45) is 2.48. The third-order valence-electron chi connectivity index (χ3n) is 3.24. The van der Waals surface area contributed by atoms with Crippen LogP contribution in [-0.4, -0.2) is 6.04 Å². The van der Waals surface area contributed by atoms with Gasteiger partial charge in [-0.15, -0.1) is 0 Å². The molecule has 17 heavy (non-hydrogen) atoms. The molecular weight excluding hydrogens is 220 g/mol. The van der Waals surface area contributed by atoms with Crippen LogP contribution in [0, 0.1) is 5.92 Å². The van der Waals surface area contributed by atoms with Crippen LogP contribution < -0.4 is 5.32 Å². The summed E-state index contributed by atoms with van der Waals surface area (Å²) in [5.74, 6) is -3.40. The van der Waals surface area contributed by atoms with Crippen LogP contribution in [0.2, 0.25) is 0 Å². The van der Waals surface area contributed by atoms with Crippen molar-refractivity contribution in [1.82, 2.24) is 5.32 Å². The minimum absolute atomic E-state index is 0.114. The van der Waals surface area contributed by atoms with Crippen LogP contribution in [0.4, 0.5) is 8.78 Å². The monoisotopic (exact) mass is 239 g/mol. The van der Waals surface area contributed by atoms with Crippen LogP contribution >= 0.6 is 0 Å². The highest BCUT2D eigenvalue weighted by atomic mass is 19.3. The maximum absolute atomic E-state index is 13.7. The molecule has 0 spiro atoms. The average Bonchev–Trinajstić information content (AvgIpc) is 3.10. The lowest BCUT2D eigenvalue weighted by molar-refractivity contribution is -0.0513. The first kappa shape index (κ1) is 12.5. The molecule has 0 unspecified atom stereocenters. The standard InChI is InChI=1S/C14H19F2N/c1-10(2)14(15,16)12-5-3-11(4-6-12)9-17-13-7-8-13/h3-6,10,13,17H,7-9H2,1-2H3. The molecule has 3 heteroatoms. The largest absolute Gasteiger partial charge is 0.310 e. The summed E-state index contributed by atoms with van der Waals surface area (Å²) in [4.78, 5) is 0. The highest BCUT2D eigenvalue weighted by Crippen LogP contribution is 2.35. The molecule has 0 atom stereocenters. The molecule has 0 radical (unpaired) electrons. The van der Waals surface area contributed by atoms with Crippen molar-refractivity contribution in [2.24, 2.45) is 5.92 Å². The molecular formula is C14H19F2N. The fourth-order valence-corrected chi connectivity index (χ4v) is 1.73. The zero-order valence-electron chi connectivity index (χ0n) is 10.3. The lowest BCUT2D eigenvalue weighted by atomic mass is 9.97. The van der Waals surface area contributed by atoms with Crippen LogP contribution in [0.3, 0.4) is 0 Å². The smallest absolute Gasteiger partial charge is 0.275 e. The van der Waals surface area contributed by atoms with Gasteiger partial charge >= 0.3 is 0 Å². The second-order valence-electron chi connectivity index (χ2n) is 5.13. The Morgan fingerprint density at radius 3 is 2.29 bits per heavy atom. The van der Waals surface area contributed by atoms with E-state index in [1.807, 2.05) is 0 Å². The summed E-state index contributed by atoms with van der Waals surface area (Å²) in [7, 11) is 0. The highest BCUT2D eigenvalue weighted by molar-refractivity contribution is 5.26. The number of benzene rings is 1. The second kappa shape index (κ2) is 4.73. The van der Waals surface area contributed by atoms with Crippen molar-refractivity contribution in [1.29, 1.82) is 0 Å².